The molecule has 0 spiro atoms. The smallest absolute Gasteiger partial charge is 0.0411 e. The van der Waals surface area contributed by atoms with E-state index in [9.17, 15) is 0 Å². The van der Waals surface area contributed by atoms with E-state index in [1.807, 2.05) is 180 Å². The monoisotopic (exact) mass is 1630 g/mol. The third-order valence-electron chi connectivity index (χ3n) is 0. The number of hydrogen-bond acceptors (Lipinski definition) is 0. The molecule has 0 aromatic heterocycles. The lowest BCUT2D eigenvalue weighted by Crippen LogP contribution is -1.93. The van der Waals surface area contributed by atoms with Gasteiger partial charge in [-0.3, -0.25) is 0 Å². The molecule has 0 rings (SSSR count). The van der Waals surface area contributed by atoms with E-state index in [2.05, 4.69) is 318 Å². The summed E-state index contributed by atoms with van der Waals surface area (Å²) in [7, 11) is 0. The Kier molecular flexibility index (Phi) is 1040. The highest BCUT2D eigenvalue weighted by atomic mass is 14.1. The van der Waals surface area contributed by atoms with Crippen molar-refractivity contribution in [2.45, 2.75) is 696 Å². The van der Waals surface area contributed by atoms with Gasteiger partial charge in [-0.2, -0.15) is 0 Å². The fourth-order valence-corrected chi connectivity index (χ4v) is 0. The predicted octanol–water partition coefficient (Wildman–Crippen LogP) is 53.4. The first kappa shape index (κ1) is 365. The largest absolute Gasteiger partial charge is 0.0776 e. The molecule has 0 aliphatic heterocycles. The summed E-state index contributed by atoms with van der Waals surface area (Å²) in [6.45, 7) is 152. The molecule has 0 radical (unpaired) electrons. The molecular formula is C109H318. The van der Waals surface area contributed by atoms with E-state index in [0.29, 0.717) is 54.1 Å². The SMILES string of the molecule is C.C.C.C.C.C.C.C.C.C.C.C.C.C.C.C.C.C.C.C.C.C.C.C.CC.CC.CC.CC.CC.CC.CC.CC.CC.CC.CC.CC.CC.CC(C)(C)C.CC(C)(C)C.CC(C)(C)C.CC(C)(C)C.CC(C)(C)C.CC(C)(C)C.CC(C)(C)C.CC(C)(C)C.CC(C)(C)C.CC(C)(C)C.CCC.CCC.CCC. The molecule has 0 unspecified atom stereocenters. The van der Waals surface area contributed by atoms with E-state index in [1.165, 1.54) is 19.3 Å². The van der Waals surface area contributed by atoms with Gasteiger partial charge >= 0.3 is 0 Å². The van der Waals surface area contributed by atoms with Gasteiger partial charge in [0, 0.05) is 0 Å². The molecular weight excluding hydrogens is 1310 g/mol. The summed E-state index contributed by atoms with van der Waals surface area (Å²) >= 11 is 0. The highest BCUT2D eigenvalue weighted by molar-refractivity contribution is 4.51. The van der Waals surface area contributed by atoms with Gasteiger partial charge in [0.2, 0.25) is 0 Å². The standard InChI is InChI=1S/10C5H12.3C3H8.13C2H6.24CH4/c10*1-5(2,3)4;3*1-3-2;13*1-2;;;;;;;;;;;;;;;;;;;;;;;;/h10*1-4H3;3*3H2,1-2H3;13*1-2H3;24*1H4. The molecule has 0 atom stereocenters. The third-order valence-corrected chi connectivity index (χ3v) is 0. The molecule has 754 valence electrons. The van der Waals surface area contributed by atoms with E-state index >= 15 is 0 Å². The van der Waals surface area contributed by atoms with Gasteiger partial charge < -0.3 is 0 Å². The minimum Gasteiger partial charge on any atom is -0.0776 e. The van der Waals surface area contributed by atoms with Crippen molar-refractivity contribution in [1.29, 1.82) is 0 Å². The lowest BCUT2D eigenvalue weighted by molar-refractivity contribution is 0.469. The van der Waals surface area contributed by atoms with Crippen LogP contribution in [-0.2, 0) is 0 Å². The Bertz CT molecular complexity index is 394. The average molecular weight is 1630 g/mol. The topological polar surface area (TPSA) is 0 Å². The van der Waals surface area contributed by atoms with Gasteiger partial charge in [0.25, 0.3) is 0 Å². The van der Waals surface area contributed by atoms with Gasteiger partial charge in [-0.1, -0.05) is 696 Å². The van der Waals surface area contributed by atoms with E-state index in [0.717, 1.165) is 0 Å². The highest BCUT2D eigenvalue weighted by Crippen LogP contribution is 2.12. The third kappa shape index (κ3) is 0. The molecule has 0 fully saturated rings. The van der Waals surface area contributed by atoms with E-state index in [4.69, 9.17) is 0 Å². The van der Waals surface area contributed by atoms with Crippen molar-refractivity contribution in [2.75, 3.05) is 0 Å². The predicted molar refractivity (Wildman–Crippen MR) is 608 cm³/mol. The minimum atomic E-state index is 0. The van der Waals surface area contributed by atoms with Crippen LogP contribution < -0.4 is 0 Å². The van der Waals surface area contributed by atoms with Crippen LogP contribution in [0.4, 0.5) is 0 Å². The first-order valence-corrected chi connectivity index (χ1v) is 37.2. The molecule has 0 N–H and O–H groups in total. The van der Waals surface area contributed by atoms with Crippen molar-refractivity contribution in [2.24, 2.45) is 54.1 Å². The maximum absolute atomic E-state index is 2.19. The molecule has 0 aliphatic rings. The highest BCUT2D eigenvalue weighted by Gasteiger charge is 1.99. The van der Waals surface area contributed by atoms with Crippen molar-refractivity contribution >= 4 is 0 Å². The zero-order chi connectivity index (χ0) is 79.1. The molecule has 0 bridgehead atoms. The second-order valence-corrected chi connectivity index (χ2v) is 32.1. The molecule has 0 saturated heterocycles. The van der Waals surface area contributed by atoms with E-state index in [1.54, 1.807) is 0 Å². The van der Waals surface area contributed by atoms with Crippen LogP contribution in [0.2, 0.25) is 0 Å². The first-order valence-electron chi connectivity index (χ1n) is 37.2. The maximum atomic E-state index is 2.19. The summed E-state index contributed by atoms with van der Waals surface area (Å²) in [5, 5.41) is 0. The van der Waals surface area contributed by atoms with Crippen LogP contribution in [0.5, 0.6) is 0 Å². The Morgan fingerprint density at radius 1 is 0.0826 bits per heavy atom. The molecule has 0 saturated carbocycles. The Labute approximate surface area is 745 Å². The first-order chi connectivity index (χ1) is 37.2. The molecule has 0 heterocycles. The van der Waals surface area contributed by atoms with Crippen LogP contribution in [0, 0.1) is 54.1 Å². The van der Waals surface area contributed by atoms with Gasteiger partial charge in [-0.25, -0.2) is 0 Å². The van der Waals surface area contributed by atoms with Crippen molar-refractivity contribution in [1.82, 2.24) is 0 Å². The van der Waals surface area contributed by atoms with E-state index < -0.39 is 0 Å². The molecule has 0 aliphatic carbocycles. The van der Waals surface area contributed by atoms with E-state index in [-0.39, 0.29) is 178 Å². The molecule has 0 amide bonds. The summed E-state index contributed by atoms with van der Waals surface area (Å²) in [6, 6.07) is 0. The fraction of sp³-hybridized carbons (Fsp3) is 1.00. The van der Waals surface area contributed by atoms with Crippen molar-refractivity contribution < 1.29 is 0 Å². The number of rotatable bonds is 0. The lowest BCUT2D eigenvalue weighted by atomic mass is 10.0. The Hall–Kier alpha value is 0. The molecule has 0 nitrogen and oxygen atoms in total. The minimum absolute atomic E-state index is 0. The van der Waals surface area contributed by atoms with Crippen LogP contribution in [-0.4, -0.2) is 0 Å². The van der Waals surface area contributed by atoms with Gasteiger partial charge in [-0.05, 0) is 54.1 Å². The zero-order valence-electron chi connectivity index (χ0n) is 79.1. The van der Waals surface area contributed by atoms with Gasteiger partial charge in [-0.15, -0.1) is 0 Å². The molecule has 109 heavy (non-hydrogen) atoms. The van der Waals surface area contributed by atoms with Gasteiger partial charge in [0.05, 0.1) is 0 Å². The lowest BCUT2D eigenvalue weighted by Gasteiger charge is -2.05. The Balaban J connectivity index is -0.00000000692. The summed E-state index contributed by atoms with van der Waals surface area (Å²) in [6.07, 6.45) is 3.75. The molecule has 0 heteroatoms. The average Bonchev–Trinajstić information content (AvgIpc) is 3.28. The summed E-state index contributed by atoms with van der Waals surface area (Å²) in [5.41, 5.74) is 5.00. The normalized spacial score (nSPS) is 6.72. The van der Waals surface area contributed by atoms with Gasteiger partial charge in [0.1, 0.15) is 0 Å². The second kappa shape index (κ2) is 312. The molecule has 0 aromatic rings. The summed E-state index contributed by atoms with van der Waals surface area (Å²) in [5.74, 6) is 0. The van der Waals surface area contributed by atoms with Crippen LogP contribution in [0.1, 0.15) is 696 Å². The van der Waals surface area contributed by atoms with Crippen LogP contribution in [0.3, 0.4) is 0 Å². The summed E-state index contributed by atoms with van der Waals surface area (Å²) < 4.78 is 0. The van der Waals surface area contributed by atoms with Crippen molar-refractivity contribution in [3.8, 4) is 0 Å². The Morgan fingerprint density at radius 3 is 0.0826 bits per heavy atom. The Morgan fingerprint density at radius 2 is 0.0826 bits per heavy atom. The fourth-order valence-electron chi connectivity index (χ4n) is 0. The quantitative estimate of drug-likeness (QED) is 0.227. The van der Waals surface area contributed by atoms with Crippen molar-refractivity contribution in [3.05, 3.63) is 0 Å². The second-order valence-electron chi connectivity index (χ2n) is 32.1. The van der Waals surface area contributed by atoms with Crippen LogP contribution in [0.25, 0.3) is 0 Å². The van der Waals surface area contributed by atoms with Crippen molar-refractivity contribution in [3.63, 3.8) is 0 Å². The van der Waals surface area contributed by atoms with Crippen LogP contribution in [0.15, 0.2) is 0 Å². The zero-order valence-corrected chi connectivity index (χ0v) is 79.1. The number of hydrogen-bond donors (Lipinski definition) is 0. The van der Waals surface area contributed by atoms with Gasteiger partial charge in [0.15, 0.2) is 0 Å². The van der Waals surface area contributed by atoms with Crippen LogP contribution >= 0.6 is 0 Å². The summed E-state index contributed by atoms with van der Waals surface area (Å²) in [4.78, 5) is 0. The molecule has 0 aromatic carbocycles. The maximum Gasteiger partial charge on any atom is -0.0411 e.